The van der Waals surface area contributed by atoms with Gasteiger partial charge in [0.15, 0.2) is 16.4 Å². The van der Waals surface area contributed by atoms with Crippen LogP contribution in [0.15, 0.2) is 30.3 Å². The molecule has 0 radical (unpaired) electrons. The van der Waals surface area contributed by atoms with E-state index in [-0.39, 0.29) is 35.9 Å². The van der Waals surface area contributed by atoms with Crippen LogP contribution in [-0.2, 0) is 24.2 Å². The SMILES string of the molecule is C[C@@H]1C[C@H]1C(=O)OCC(=O)N(c1ccccc1)[C@@H]1CCS(=O)(=O)C1. The number of rotatable bonds is 5. The molecule has 7 heteroatoms. The second kappa shape index (κ2) is 6.55. The van der Waals surface area contributed by atoms with Crippen LogP contribution in [0.1, 0.15) is 19.8 Å². The average molecular weight is 351 g/mol. The number of hydrogen-bond acceptors (Lipinski definition) is 5. The number of nitrogens with zero attached hydrogens (tertiary/aromatic N) is 1. The normalized spacial score (nSPS) is 27.5. The standard InChI is InChI=1S/C17H21NO5S/c1-12-9-15(12)17(20)23-10-16(19)18(13-5-3-2-4-6-13)14-7-8-24(21,22)11-14/h2-6,12,14-15H,7-11H2,1H3/t12-,14-,15-/m1/s1. The van der Waals surface area contributed by atoms with E-state index in [0.29, 0.717) is 18.0 Å². The lowest BCUT2D eigenvalue weighted by atomic mass is 10.2. The van der Waals surface area contributed by atoms with E-state index in [2.05, 4.69) is 0 Å². The molecule has 2 fully saturated rings. The summed E-state index contributed by atoms with van der Waals surface area (Å²) in [6.07, 6.45) is 1.20. The van der Waals surface area contributed by atoms with Gasteiger partial charge in [0.2, 0.25) is 0 Å². The first-order valence-electron chi connectivity index (χ1n) is 8.11. The lowest BCUT2D eigenvalue weighted by molar-refractivity contribution is -0.149. The van der Waals surface area contributed by atoms with Crippen molar-refractivity contribution in [3.8, 4) is 0 Å². The number of sulfone groups is 1. The molecular weight excluding hydrogens is 330 g/mol. The van der Waals surface area contributed by atoms with Crippen molar-refractivity contribution in [2.75, 3.05) is 23.0 Å². The molecular formula is C17H21NO5S. The molecule has 1 saturated carbocycles. The minimum Gasteiger partial charge on any atom is -0.455 e. The van der Waals surface area contributed by atoms with Crippen LogP contribution in [0.5, 0.6) is 0 Å². The van der Waals surface area contributed by atoms with Gasteiger partial charge in [0.05, 0.1) is 23.5 Å². The highest BCUT2D eigenvalue weighted by Crippen LogP contribution is 2.38. The van der Waals surface area contributed by atoms with Gasteiger partial charge in [-0.3, -0.25) is 9.59 Å². The van der Waals surface area contributed by atoms with Crippen LogP contribution in [0.4, 0.5) is 5.69 Å². The van der Waals surface area contributed by atoms with Crippen LogP contribution >= 0.6 is 0 Å². The van der Waals surface area contributed by atoms with Crippen molar-refractivity contribution in [1.82, 2.24) is 0 Å². The summed E-state index contributed by atoms with van der Waals surface area (Å²) in [5, 5.41) is 0. The van der Waals surface area contributed by atoms with Gasteiger partial charge in [-0.05, 0) is 30.9 Å². The number of esters is 1. The molecule has 3 rings (SSSR count). The van der Waals surface area contributed by atoms with Crippen molar-refractivity contribution < 1.29 is 22.7 Å². The summed E-state index contributed by atoms with van der Waals surface area (Å²) in [7, 11) is -3.13. The van der Waals surface area contributed by atoms with Crippen LogP contribution in [0, 0.1) is 11.8 Å². The van der Waals surface area contributed by atoms with Gasteiger partial charge in [-0.25, -0.2) is 8.42 Å². The Morgan fingerprint density at radius 1 is 1.25 bits per heavy atom. The topological polar surface area (TPSA) is 80.8 Å². The third kappa shape index (κ3) is 3.77. The third-order valence-electron chi connectivity index (χ3n) is 4.63. The Kier molecular flexibility index (Phi) is 4.62. The monoisotopic (exact) mass is 351 g/mol. The van der Waals surface area contributed by atoms with E-state index in [1.165, 1.54) is 4.90 Å². The summed E-state index contributed by atoms with van der Waals surface area (Å²) in [6.45, 7) is 1.61. The zero-order valence-corrected chi connectivity index (χ0v) is 14.4. The number of carbonyl (C=O) groups is 2. The van der Waals surface area contributed by atoms with Crippen LogP contribution < -0.4 is 4.90 Å². The molecule has 0 unspecified atom stereocenters. The van der Waals surface area contributed by atoms with Crippen molar-refractivity contribution in [3.63, 3.8) is 0 Å². The smallest absolute Gasteiger partial charge is 0.309 e. The van der Waals surface area contributed by atoms with Crippen molar-refractivity contribution in [2.24, 2.45) is 11.8 Å². The van der Waals surface area contributed by atoms with Gasteiger partial charge in [-0.15, -0.1) is 0 Å². The van der Waals surface area contributed by atoms with Gasteiger partial charge < -0.3 is 9.64 Å². The maximum atomic E-state index is 12.6. The van der Waals surface area contributed by atoms with E-state index in [4.69, 9.17) is 4.74 Å². The first-order valence-corrected chi connectivity index (χ1v) is 9.94. The summed E-state index contributed by atoms with van der Waals surface area (Å²) >= 11 is 0. The molecule has 2 aliphatic rings. The molecule has 3 atom stereocenters. The maximum Gasteiger partial charge on any atom is 0.309 e. The van der Waals surface area contributed by atoms with Crippen molar-refractivity contribution in [3.05, 3.63) is 30.3 Å². The molecule has 0 bridgehead atoms. The molecule has 0 aromatic heterocycles. The molecule has 1 aliphatic carbocycles. The number of amides is 1. The fourth-order valence-corrected chi connectivity index (χ4v) is 4.79. The highest BCUT2D eigenvalue weighted by molar-refractivity contribution is 7.91. The summed E-state index contributed by atoms with van der Waals surface area (Å²) in [6, 6.07) is 8.50. The average Bonchev–Trinajstić information content (AvgIpc) is 3.18. The van der Waals surface area contributed by atoms with Gasteiger partial charge in [-0.1, -0.05) is 25.1 Å². The summed E-state index contributed by atoms with van der Waals surface area (Å²) in [5.41, 5.74) is 0.625. The van der Waals surface area contributed by atoms with E-state index < -0.39 is 15.9 Å². The molecule has 0 spiro atoms. The Morgan fingerprint density at radius 2 is 1.92 bits per heavy atom. The fourth-order valence-electron chi connectivity index (χ4n) is 3.09. The Labute approximate surface area is 141 Å². The predicted molar refractivity (Wildman–Crippen MR) is 89.2 cm³/mol. The lowest BCUT2D eigenvalue weighted by Gasteiger charge is -2.28. The molecule has 1 heterocycles. The minimum atomic E-state index is -3.13. The van der Waals surface area contributed by atoms with Crippen LogP contribution in [0.2, 0.25) is 0 Å². The zero-order valence-electron chi connectivity index (χ0n) is 13.6. The van der Waals surface area contributed by atoms with Crippen LogP contribution in [0.25, 0.3) is 0 Å². The van der Waals surface area contributed by atoms with E-state index in [0.717, 1.165) is 6.42 Å². The predicted octanol–water partition coefficient (Wildman–Crippen LogP) is 1.41. The molecule has 6 nitrogen and oxygen atoms in total. The van der Waals surface area contributed by atoms with Gasteiger partial charge in [0.25, 0.3) is 5.91 Å². The molecule has 0 N–H and O–H groups in total. The molecule has 1 saturated heterocycles. The Balaban J connectivity index is 1.72. The Morgan fingerprint density at radius 3 is 2.46 bits per heavy atom. The zero-order chi connectivity index (χ0) is 17.3. The summed E-state index contributed by atoms with van der Waals surface area (Å²) in [5.74, 6) is -0.491. The number of benzene rings is 1. The second-order valence-corrected chi connectivity index (χ2v) is 8.81. The van der Waals surface area contributed by atoms with Crippen LogP contribution in [0.3, 0.4) is 0 Å². The molecule has 1 aromatic carbocycles. The Bertz CT molecular complexity index is 731. The number of carbonyl (C=O) groups excluding carboxylic acids is 2. The van der Waals surface area contributed by atoms with E-state index in [1.54, 1.807) is 24.3 Å². The number of para-hydroxylation sites is 1. The number of ether oxygens (including phenoxy) is 1. The van der Waals surface area contributed by atoms with Crippen LogP contribution in [-0.4, -0.2) is 44.4 Å². The van der Waals surface area contributed by atoms with E-state index >= 15 is 0 Å². The van der Waals surface area contributed by atoms with Gasteiger partial charge in [0.1, 0.15) is 0 Å². The first-order chi connectivity index (χ1) is 11.4. The molecule has 24 heavy (non-hydrogen) atoms. The first kappa shape index (κ1) is 17.0. The van der Waals surface area contributed by atoms with Gasteiger partial charge in [-0.2, -0.15) is 0 Å². The number of anilines is 1. The van der Waals surface area contributed by atoms with Gasteiger partial charge >= 0.3 is 5.97 Å². The molecule has 1 amide bonds. The molecule has 1 aliphatic heterocycles. The second-order valence-electron chi connectivity index (χ2n) is 6.58. The number of hydrogen-bond donors (Lipinski definition) is 0. The third-order valence-corrected chi connectivity index (χ3v) is 6.38. The van der Waals surface area contributed by atoms with E-state index in [1.807, 2.05) is 13.0 Å². The molecule has 1 aromatic rings. The lowest BCUT2D eigenvalue weighted by Crippen LogP contribution is -2.43. The summed E-state index contributed by atoms with van der Waals surface area (Å²) < 4.78 is 28.7. The quantitative estimate of drug-likeness (QED) is 0.749. The molecule has 130 valence electrons. The highest BCUT2D eigenvalue weighted by atomic mass is 32.2. The van der Waals surface area contributed by atoms with Crippen molar-refractivity contribution in [1.29, 1.82) is 0 Å². The van der Waals surface area contributed by atoms with Crippen molar-refractivity contribution in [2.45, 2.75) is 25.8 Å². The minimum absolute atomic E-state index is 0.0543. The fraction of sp³-hybridized carbons (Fsp3) is 0.529. The van der Waals surface area contributed by atoms with E-state index in [9.17, 15) is 18.0 Å². The van der Waals surface area contributed by atoms with Crippen molar-refractivity contribution >= 4 is 27.4 Å². The largest absolute Gasteiger partial charge is 0.455 e. The Hall–Kier alpha value is -1.89. The highest BCUT2D eigenvalue weighted by Gasteiger charge is 2.41. The van der Waals surface area contributed by atoms with Gasteiger partial charge in [0, 0.05) is 5.69 Å². The summed E-state index contributed by atoms with van der Waals surface area (Å²) in [4.78, 5) is 25.9. The maximum absolute atomic E-state index is 12.6.